The predicted molar refractivity (Wildman–Crippen MR) is 86.3 cm³/mol. The zero-order valence-corrected chi connectivity index (χ0v) is 11.4. The van der Waals surface area contributed by atoms with Gasteiger partial charge in [0.2, 0.25) is 0 Å². The molecule has 3 rings (SSSR count). The standard InChI is InChI=1S/C17H15N3O/c18-13-7-4-8-14(11-13)20-10-9-15(16(19)17(20)21)12-5-2-1-3-6-12/h1-11H,18-19H2. The molecule has 4 N–H and O–H groups in total. The highest BCUT2D eigenvalue weighted by Crippen LogP contribution is 2.23. The quantitative estimate of drug-likeness (QED) is 0.707. The molecule has 1 heterocycles. The van der Waals surface area contributed by atoms with Gasteiger partial charge in [-0.1, -0.05) is 36.4 Å². The van der Waals surface area contributed by atoms with Gasteiger partial charge in [-0.3, -0.25) is 9.36 Å². The van der Waals surface area contributed by atoms with Crippen LogP contribution in [0.25, 0.3) is 16.8 Å². The molecule has 21 heavy (non-hydrogen) atoms. The molecule has 3 aromatic rings. The van der Waals surface area contributed by atoms with Crippen molar-refractivity contribution in [2.75, 3.05) is 11.5 Å². The van der Waals surface area contributed by atoms with Crippen molar-refractivity contribution in [3.63, 3.8) is 0 Å². The average Bonchev–Trinajstić information content (AvgIpc) is 2.51. The Labute approximate surface area is 122 Å². The highest BCUT2D eigenvalue weighted by atomic mass is 16.1. The Morgan fingerprint density at radius 2 is 1.62 bits per heavy atom. The lowest BCUT2D eigenvalue weighted by Gasteiger charge is -2.11. The first kappa shape index (κ1) is 13.0. The van der Waals surface area contributed by atoms with Crippen molar-refractivity contribution in [1.82, 2.24) is 4.57 Å². The fourth-order valence-electron chi connectivity index (χ4n) is 2.30. The largest absolute Gasteiger partial charge is 0.399 e. The molecule has 0 aliphatic rings. The van der Waals surface area contributed by atoms with Crippen molar-refractivity contribution in [3.8, 4) is 16.8 Å². The van der Waals surface area contributed by atoms with Crippen LogP contribution in [0.3, 0.4) is 0 Å². The van der Waals surface area contributed by atoms with Gasteiger partial charge >= 0.3 is 0 Å². The van der Waals surface area contributed by atoms with E-state index in [1.807, 2.05) is 42.5 Å². The molecule has 104 valence electrons. The van der Waals surface area contributed by atoms with Crippen molar-refractivity contribution < 1.29 is 0 Å². The summed E-state index contributed by atoms with van der Waals surface area (Å²) >= 11 is 0. The van der Waals surface area contributed by atoms with Gasteiger partial charge in [-0.25, -0.2) is 0 Å². The number of benzene rings is 2. The van der Waals surface area contributed by atoms with Gasteiger partial charge in [0.1, 0.15) is 5.69 Å². The maximum atomic E-state index is 12.5. The fraction of sp³-hybridized carbons (Fsp3) is 0. The minimum atomic E-state index is -0.248. The second kappa shape index (κ2) is 5.17. The van der Waals surface area contributed by atoms with E-state index >= 15 is 0 Å². The molecule has 4 nitrogen and oxygen atoms in total. The van der Waals surface area contributed by atoms with Gasteiger partial charge in [-0.05, 0) is 29.8 Å². The number of aromatic nitrogens is 1. The third kappa shape index (κ3) is 2.39. The van der Waals surface area contributed by atoms with Gasteiger partial charge in [0, 0.05) is 17.4 Å². The summed E-state index contributed by atoms with van der Waals surface area (Å²) in [6.45, 7) is 0. The van der Waals surface area contributed by atoms with Crippen molar-refractivity contribution in [2.24, 2.45) is 0 Å². The van der Waals surface area contributed by atoms with Crippen LogP contribution in [0, 0.1) is 0 Å². The summed E-state index contributed by atoms with van der Waals surface area (Å²) in [5.74, 6) is 0. The first-order chi connectivity index (χ1) is 10.2. The van der Waals surface area contributed by atoms with Crippen LogP contribution in [0.2, 0.25) is 0 Å². The Balaban J connectivity index is 2.16. The topological polar surface area (TPSA) is 74.0 Å². The first-order valence-corrected chi connectivity index (χ1v) is 6.59. The molecule has 1 aromatic heterocycles. The second-order valence-corrected chi connectivity index (χ2v) is 4.78. The summed E-state index contributed by atoms with van der Waals surface area (Å²) < 4.78 is 1.50. The van der Waals surface area contributed by atoms with Crippen molar-refractivity contribution in [1.29, 1.82) is 0 Å². The predicted octanol–water partition coefficient (Wildman–Crippen LogP) is 2.67. The summed E-state index contributed by atoms with van der Waals surface area (Å²) in [5, 5.41) is 0. The average molecular weight is 277 g/mol. The number of hydrogen-bond acceptors (Lipinski definition) is 3. The Morgan fingerprint density at radius 1 is 0.857 bits per heavy atom. The van der Waals surface area contributed by atoms with E-state index in [4.69, 9.17) is 11.5 Å². The van der Waals surface area contributed by atoms with Crippen molar-refractivity contribution in [2.45, 2.75) is 0 Å². The maximum Gasteiger partial charge on any atom is 0.278 e. The van der Waals surface area contributed by atoms with E-state index in [1.54, 1.807) is 24.4 Å². The number of nitrogens with zero attached hydrogens (tertiary/aromatic N) is 1. The minimum Gasteiger partial charge on any atom is -0.399 e. The smallest absolute Gasteiger partial charge is 0.278 e. The molecule has 4 heteroatoms. The number of nitrogen functional groups attached to an aromatic ring is 2. The van der Waals surface area contributed by atoms with Crippen LogP contribution in [-0.4, -0.2) is 4.57 Å². The Hall–Kier alpha value is -3.01. The van der Waals surface area contributed by atoms with E-state index in [2.05, 4.69) is 0 Å². The zero-order valence-electron chi connectivity index (χ0n) is 11.4. The number of anilines is 2. The van der Waals surface area contributed by atoms with E-state index in [0.717, 1.165) is 11.1 Å². The summed E-state index contributed by atoms with van der Waals surface area (Å²) in [5.41, 5.74) is 14.7. The minimum absolute atomic E-state index is 0.228. The SMILES string of the molecule is Nc1cccc(-n2ccc(-c3ccccc3)c(N)c2=O)c1. The Bertz CT molecular complexity index is 838. The molecule has 0 bridgehead atoms. The Morgan fingerprint density at radius 3 is 2.33 bits per heavy atom. The molecular formula is C17H15N3O. The summed E-state index contributed by atoms with van der Waals surface area (Å²) in [6.07, 6.45) is 1.72. The van der Waals surface area contributed by atoms with Crippen LogP contribution in [0.4, 0.5) is 11.4 Å². The summed E-state index contributed by atoms with van der Waals surface area (Å²) in [4.78, 5) is 12.5. The van der Waals surface area contributed by atoms with Crippen LogP contribution in [0.1, 0.15) is 0 Å². The fourth-order valence-corrected chi connectivity index (χ4v) is 2.30. The van der Waals surface area contributed by atoms with Crippen LogP contribution < -0.4 is 17.0 Å². The van der Waals surface area contributed by atoms with E-state index in [1.165, 1.54) is 4.57 Å². The number of nitrogens with two attached hydrogens (primary N) is 2. The lowest BCUT2D eigenvalue weighted by atomic mass is 10.1. The van der Waals surface area contributed by atoms with E-state index < -0.39 is 0 Å². The van der Waals surface area contributed by atoms with Gasteiger partial charge in [0.05, 0.1) is 5.69 Å². The monoisotopic (exact) mass is 277 g/mol. The third-order valence-electron chi connectivity index (χ3n) is 3.36. The third-order valence-corrected chi connectivity index (χ3v) is 3.36. The van der Waals surface area contributed by atoms with Gasteiger partial charge in [-0.15, -0.1) is 0 Å². The lowest BCUT2D eigenvalue weighted by molar-refractivity contribution is 0.997. The van der Waals surface area contributed by atoms with Crippen molar-refractivity contribution in [3.05, 3.63) is 77.2 Å². The zero-order chi connectivity index (χ0) is 14.8. The molecule has 0 aliphatic heterocycles. The molecule has 0 fully saturated rings. The van der Waals surface area contributed by atoms with Gasteiger partial charge < -0.3 is 11.5 Å². The first-order valence-electron chi connectivity index (χ1n) is 6.59. The molecule has 0 spiro atoms. The lowest BCUT2D eigenvalue weighted by Crippen LogP contribution is -2.21. The van der Waals surface area contributed by atoms with Crippen LogP contribution in [0.5, 0.6) is 0 Å². The maximum absolute atomic E-state index is 12.5. The number of hydrogen-bond donors (Lipinski definition) is 2. The van der Waals surface area contributed by atoms with E-state index in [0.29, 0.717) is 11.4 Å². The molecule has 0 atom stereocenters. The second-order valence-electron chi connectivity index (χ2n) is 4.78. The molecule has 0 radical (unpaired) electrons. The van der Waals surface area contributed by atoms with Crippen LogP contribution in [-0.2, 0) is 0 Å². The van der Waals surface area contributed by atoms with Crippen LogP contribution in [0.15, 0.2) is 71.7 Å². The summed E-state index contributed by atoms with van der Waals surface area (Å²) in [6, 6.07) is 18.6. The number of pyridine rings is 1. The van der Waals surface area contributed by atoms with Crippen molar-refractivity contribution >= 4 is 11.4 Å². The van der Waals surface area contributed by atoms with E-state index in [-0.39, 0.29) is 11.2 Å². The summed E-state index contributed by atoms with van der Waals surface area (Å²) in [7, 11) is 0. The van der Waals surface area contributed by atoms with Gasteiger partial charge in [0.15, 0.2) is 0 Å². The molecule has 0 unspecified atom stereocenters. The molecule has 0 saturated carbocycles. The molecule has 0 amide bonds. The molecular weight excluding hydrogens is 262 g/mol. The number of rotatable bonds is 2. The normalized spacial score (nSPS) is 10.5. The highest BCUT2D eigenvalue weighted by Gasteiger charge is 2.09. The van der Waals surface area contributed by atoms with Gasteiger partial charge in [0.25, 0.3) is 5.56 Å². The highest BCUT2D eigenvalue weighted by molar-refractivity contribution is 5.75. The molecule has 2 aromatic carbocycles. The van der Waals surface area contributed by atoms with E-state index in [9.17, 15) is 4.79 Å². The van der Waals surface area contributed by atoms with Gasteiger partial charge in [-0.2, -0.15) is 0 Å². The Kier molecular flexibility index (Phi) is 3.20. The molecule has 0 aliphatic carbocycles. The molecule has 0 saturated heterocycles. The van der Waals surface area contributed by atoms with Crippen LogP contribution >= 0.6 is 0 Å².